The summed E-state index contributed by atoms with van der Waals surface area (Å²) in [4.78, 5) is 0. The van der Waals surface area contributed by atoms with Crippen LogP contribution in [0.3, 0.4) is 0 Å². The molecule has 0 aromatic heterocycles. The maximum Gasteiger partial charge on any atom is 0.166 e. The summed E-state index contributed by atoms with van der Waals surface area (Å²) in [6.07, 6.45) is 13.5. The molecule has 1 fully saturated rings. The highest BCUT2D eigenvalue weighted by molar-refractivity contribution is 5.67. The van der Waals surface area contributed by atoms with Gasteiger partial charge in [-0.3, -0.25) is 0 Å². The predicted octanol–water partition coefficient (Wildman–Crippen LogP) is 6.46. The molecule has 1 unspecified atom stereocenters. The van der Waals surface area contributed by atoms with E-state index >= 15 is 0 Å². The molecule has 1 saturated carbocycles. The van der Waals surface area contributed by atoms with Gasteiger partial charge in [0.25, 0.3) is 0 Å². The van der Waals surface area contributed by atoms with E-state index in [1.165, 1.54) is 25.7 Å². The van der Waals surface area contributed by atoms with Gasteiger partial charge in [0.1, 0.15) is 0 Å². The van der Waals surface area contributed by atoms with Crippen LogP contribution in [-0.4, -0.2) is 0 Å². The van der Waals surface area contributed by atoms with Crippen LogP contribution >= 0.6 is 0 Å². The van der Waals surface area contributed by atoms with Crippen molar-refractivity contribution in [1.82, 2.24) is 0 Å². The van der Waals surface area contributed by atoms with Crippen molar-refractivity contribution in [3.63, 3.8) is 0 Å². The molecule has 2 heteroatoms. The maximum absolute atomic E-state index is 14.4. The van der Waals surface area contributed by atoms with E-state index in [1.807, 2.05) is 0 Å². The van der Waals surface area contributed by atoms with E-state index in [0.717, 1.165) is 36.7 Å². The average Bonchev–Trinajstić information content (AvgIpc) is 3.11. The Labute approximate surface area is 138 Å². The van der Waals surface area contributed by atoms with Crippen molar-refractivity contribution in [2.75, 3.05) is 0 Å². The Morgan fingerprint density at radius 2 is 1.83 bits per heavy atom. The van der Waals surface area contributed by atoms with Crippen molar-refractivity contribution in [2.45, 2.75) is 57.8 Å². The van der Waals surface area contributed by atoms with E-state index < -0.39 is 11.6 Å². The summed E-state index contributed by atoms with van der Waals surface area (Å²) in [7, 11) is 0. The molecule has 0 aliphatic heterocycles. The highest BCUT2D eigenvalue weighted by atomic mass is 19.2. The molecule has 1 atom stereocenters. The van der Waals surface area contributed by atoms with E-state index in [2.05, 4.69) is 12.7 Å². The molecule has 0 spiro atoms. The molecule has 0 bridgehead atoms. The van der Waals surface area contributed by atoms with Crippen LogP contribution in [0.15, 0.2) is 30.9 Å². The average molecular weight is 316 g/mol. The van der Waals surface area contributed by atoms with E-state index in [0.29, 0.717) is 24.0 Å². The number of allylic oxidation sites excluding steroid dienone is 3. The van der Waals surface area contributed by atoms with E-state index in [9.17, 15) is 8.78 Å². The molecule has 2 aliphatic rings. The quantitative estimate of drug-likeness (QED) is 0.547. The number of benzene rings is 1. The fourth-order valence-electron chi connectivity index (χ4n) is 4.24. The van der Waals surface area contributed by atoms with Crippen molar-refractivity contribution in [2.24, 2.45) is 11.8 Å². The van der Waals surface area contributed by atoms with E-state index in [-0.39, 0.29) is 0 Å². The standard InChI is InChI=1S/C21H26F2/c1-2-3-6-18-13-14-19(21(23)20(18)22)17-11-9-16(10-12-17)15-7-4-5-8-15/h2,11,13-16H,1,3-10,12H2. The highest BCUT2D eigenvalue weighted by Gasteiger charge is 2.27. The molecule has 23 heavy (non-hydrogen) atoms. The predicted molar refractivity (Wildman–Crippen MR) is 92.2 cm³/mol. The molecule has 0 saturated heterocycles. The summed E-state index contributed by atoms with van der Waals surface area (Å²) in [6.45, 7) is 3.63. The maximum atomic E-state index is 14.4. The van der Waals surface area contributed by atoms with Gasteiger partial charge in [-0.2, -0.15) is 0 Å². The molecule has 0 amide bonds. The van der Waals surface area contributed by atoms with Crippen LogP contribution in [0.4, 0.5) is 8.78 Å². The van der Waals surface area contributed by atoms with Gasteiger partial charge in [0.2, 0.25) is 0 Å². The first-order valence-electron chi connectivity index (χ1n) is 8.98. The smallest absolute Gasteiger partial charge is 0.166 e. The minimum absolute atomic E-state index is 0.450. The number of hydrogen-bond acceptors (Lipinski definition) is 0. The van der Waals surface area contributed by atoms with Gasteiger partial charge in [-0.1, -0.05) is 50.0 Å². The van der Waals surface area contributed by atoms with Crippen LogP contribution in [-0.2, 0) is 6.42 Å². The fraction of sp³-hybridized carbons (Fsp3) is 0.524. The Bertz CT molecular complexity index is 594. The third-order valence-corrected chi connectivity index (χ3v) is 5.64. The second-order valence-electron chi connectivity index (χ2n) is 7.04. The Balaban J connectivity index is 1.74. The molecule has 0 radical (unpaired) electrons. The van der Waals surface area contributed by atoms with Gasteiger partial charge in [-0.15, -0.1) is 6.58 Å². The first-order chi connectivity index (χ1) is 11.2. The van der Waals surface area contributed by atoms with Crippen molar-refractivity contribution in [1.29, 1.82) is 0 Å². The largest absolute Gasteiger partial charge is 0.203 e. The molecule has 3 rings (SSSR count). The van der Waals surface area contributed by atoms with Gasteiger partial charge < -0.3 is 0 Å². The van der Waals surface area contributed by atoms with Crippen molar-refractivity contribution < 1.29 is 8.78 Å². The molecule has 1 aromatic carbocycles. The molecule has 124 valence electrons. The number of rotatable bonds is 5. The molecule has 2 aliphatic carbocycles. The van der Waals surface area contributed by atoms with Crippen molar-refractivity contribution >= 4 is 5.57 Å². The minimum Gasteiger partial charge on any atom is -0.203 e. The van der Waals surface area contributed by atoms with Gasteiger partial charge in [-0.05, 0) is 55.1 Å². The minimum atomic E-state index is -0.678. The second-order valence-corrected chi connectivity index (χ2v) is 7.04. The fourth-order valence-corrected chi connectivity index (χ4v) is 4.24. The number of hydrogen-bond donors (Lipinski definition) is 0. The number of aryl methyl sites for hydroxylation is 1. The topological polar surface area (TPSA) is 0 Å². The first kappa shape index (κ1) is 16.4. The zero-order chi connectivity index (χ0) is 16.2. The van der Waals surface area contributed by atoms with Crippen molar-refractivity contribution in [3.05, 3.63) is 53.6 Å². The summed E-state index contributed by atoms with van der Waals surface area (Å²) < 4.78 is 28.7. The molecule has 0 N–H and O–H groups in total. The van der Waals surface area contributed by atoms with E-state index in [4.69, 9.17) is 0 Å². The van der Waals surface area contributed by atoms with E-state index in [1.54, 1.807) is 18.2 Å². The third kappa shape index (κ3) is 3.57. The zero-order valence-corrected chi connectivity index (χ0v) is 13.8. The Morgan fingerprint density at radius 1 is 1.04 bits per heavy atom. The first-order valence-corrected chi connectivity index (χ1v) is 8.98. The summed E-state index contributed by atoms with van der Waals surface area (Å²) in [5, 5.41) is 0. The lowest BCUT2D eigenvalue weighted by Gasteiger charge is -2.27. The lowest BCUT2D eigenvalue weighted by molar-refractivity contribution is 0.317. The van der Waals surface area contributed by atoms with Gasteiger partial charge in [0, 0.05) is 5.56 Å². The zero-order valence-electron chi connectivity index (χ0n) is 13.8. The second kappa shape index (κ2) is 7.42. The lowest BCUT2D eigenvalue weighted by Crippen LogP contribution is -2.14. The van der Waals surface area contributed by atoms with Crippen molar-refractivity contribution in [3.8, 4) is 0 Å². The van der Waals surface area contributed by atoms with Crippen LogP contribution in [0, 0.1) is 23.5 Å². The van der Waals surface area contributed by atoms with Crippen LogP contribution in [0.5, 0.6) is 0 Å². The van der Waals surface area contributed by atoms with Crippen LogP contribution in [0.1, 0.15) is 62.5 Å². The molecule has 0 nitrogen and oxygen atoms in total. The normalized spacial score (nSPS) is 22.2. The number of halogens is 2. The highest BCUT2D eigenvalue weighted by Crippen LogP contribution is 2.41. The summed E-state index contributed by atoms with van der Waals surface area (Å²) in [5.41, 5.74) is 1.91. The Kier molecular flexibility index (Phi) is 5.30. The van der Waals surface area contributed by atoms with Gasteiger partial charge in [0.05, 0.1) is 0 Å². The third-order valence-electron chi connectivity index (χ3n) is 5.64. The Morgan fingerprint density at radius 3 is 2.48 bits per heavy atom. The van der Waals surface area contributed by atoms with Gasteiger partial charge >= 0.3 is 0 Å². The van der Waals surface area contributed by atoms with Crippen LogP contribution in [0.25, 0.3) is 5.57 Å². The van der Waals surface area contributed by atoms with Crippen LogP contribution < -0.4 is 0 Å². The lowest BCUT2D eigenvalue weighted by atomic mass is 9.78. The van der Waals surface area contributed by atoms with Gasteiger partial charge in [-0.25, -0.2) is 8.78 Å². The molecular formula is C21H26F2. The van der Waals surface area contributed by atoms with Gasteiger partial charge in [0.15, 0.2) is 11.6 Å². The Hall–Kier alpha value is -1.44. The molecular weight excluding hydrogens is 290 g/mol. The summed E-state index contributed by atoms with van der Waals surface area (Å²) >= 11 is 0. The summed E-state index contributed by atoms with van der Waals surface area (Å²) in [5.74, 6) is 0.261. The SMILES string of the molecule is C=CCCc1ccc(C2=CCC(C3CCCC3)CC2)c(F)c1F. The monoisotopic (exact) mass is 316 g/mol. The molecule has 1 aromatic rings. The summed E-state index contributed by atoms with van der Waals surface area (Å²) in [6, 6.07) is 3.50. The van der Waals surface area contributed by atoms with Crippen LogP contribution in [0.2, 0.25) is 0 Å². The molecule has 0 heterocycles.